The van der Waals surface area contributed by atoms with E-state index < -0.39 is 5.82 Å². The predicted octanol–water partition coefficient (Wildman–Crippen LogP) is 5.77. The predicted molar refractivity (Wildman–Crippen MR) is 85.3 cm³/mol. The lowest BCUT2D eigenvalue weighted by atomic mass is 10.2. The molecule has 0 saturated heterocycles. The van der Waals surface area contributed by atoms with Crippen molar-refractivity contribution in [1.29, 1.82) is 0 Å². The molecule has 2 nitrogen and oxygen atoms in total. The molecule has 0 aliphatic rings. The fraction of sp³-hybridized carbons (Fsp3) is 0.133. The van der Waals surface area contributed by atoms with Gasteiger partial charge < -0.3 is 0 Å². The van der Waals surface area contributed by atoms with E-state index in [0.717, 1.165) is 5.69 Å². The van der Waals surface area contributed by atoms with Crippen LogP contribution in [0, 0.1) is 5.82 Å². The normalized spacial score (nSPS) is 12.8. The smallest absolute Gasteiger partial charge is 0.144 e. The lowest BCUT2D eigenvalue weighted by molar-refractivity contribution is 0.630. The Bertz CT molecular complexity index is 810. The highest BCUT2D eigenvalue weighted by Gasteiger charge is 2.18. The first-order chi connectivity index (χ1) is 9.97. The fourth-order valence-electron chi connectivity index (χ4n) is 2.22. The van der Waals surface area contributed by atoms with Crippen molar-refractivity contribution in [2.24, 2.45) is 0 Å². The molecule has 1 atom stereocenters. The molecule has 1 aromatic heterocycles. The van der Waals surface area contributed by atoms with Crippen molar-refractivity contribution in [2.75, 3.05) is 0 Å². The Morgan fingerprint density at radius 2 is 1.81 bits per heavy atom. The zero-order chi connectivity index (χ0) is 15.1. The highest BCUT2D eigenvalue weighted by atomic mass is 35.5. The Balaban J connectivity index is 2.35. The molecule has 21 heavy (non-hydrogen) atoms. The number of imidazole rings is 1. The average Bonchev–Trinajstić information content (AvgIpc) is 2.79. The molecule has 0 bridgehead atoms. The van der Waals surface area contributed by atoms with Gasteiger partial charge in [-0.05, 0) is 37.3 Å². The van der Waals surface area contributed by atoms with Crippen LogP contribution in [0.4, 0.5) is 4.39 Å². The van der Waals surface area contributed by atoms with Crippen LogP contribution in [0.1, 0.15) is 18.1 Å². The van der Waals surface area contributed by atoms with Crippen LogP contribution in [-0.2, 0) is 0 Å². The molecule has 0 amide bonds. The second-order valence-corrected chi connectivity index (χ2v) is 6.15. The summed E-state index contributed by atoms with van der Waals surface area (Å²) >= 11 is 18.0. The van der Waals surface area contributed by atoms with E-state index in [2.05, 4.69) is 4.98 Å². The van der Waals surface area contributed by atoms with Crippen LogP contribution < -0.4 is 0 Å². The Morgan fingerprint density at radius 3 is 2.43 bits per heavy atom. The molecule has 6 heteroatoms. The van der Waals surface area contributed by atoms with Crippen LogP contribution in [-0.4, -0.2) is 9.55 Å². The maximum absolute atomic E-state index is 13.6. The summed E-state index contributed by atoms with van der Waals surface area (Å²) in [7, 11) is 0. The first kappa shape index (κ1) is 14.6. The van der Waals surface area contributed by atoms with E-state index in [1.165, 1.54) is 6.07 Å². The van der Waals surface area contributed by atoms with Gasteiger partial charge in [-0.15, -0.1) is 11.6 Å². The van der Waals surface area contributed by atoms with Crippen LogP contribution in [0.25, 0.3) is 16.7 Å². The van der Waals surface area contributed by atoms with Gasteiger partial charge in [-0.3, -0.25) is 4.57 Å². The van der Waals surface area contributed by atoms with E-state index >= 15 is 0 Å². The number of rotatable bonds is 2. The van der Waals surface area contributed by atoms with Gasteiger partial charge in [0.05, 0.1) is 21.4 Å². The number of hydrogen-bond donors (Lipinski definition) is 0. The van der Waals surface area contributed by atoms with Crippen LogP contribution >= 0.6 is 34.8 Å². The van der Waals surface area contributed by atoms with E-state index in [-0.39, 0.29) is 10.4 Å². The molecule has 0 spiro atoms. The molecule has 108 valence electrons. The van der Waals surface area contributed by atoms with Crippen LogP contribution in [0.3, 0.4) is 0 Å². The summed E-state index contributed by atoms with van der Waals surface area (Å²) in [4.78, 5) is 4.41. The number of fused-ring (bicyclic) bond motifs is 1. The third-order valence-corrected chi connectivity index (χ3v) is 3.90. The summed E-state index contributed by atoms with van der Waals surface area (Å²) in [6.45, 7) is 1.81. The zero-order valence-electron chi connectivity index (χ0n) is 10.9. The molecule has 0 N–H and O–H groups in total. The monoisotopic (exact) mass is 342 g/mol. The first-order valence-electron chi connectivity index (χ1n) is 6.25. The molecule has 0 aliphatic carbocycles. The lowest BCUT2D eigenvalue weighted by Crippen LogP contribution is -2.01. The van der Waals surface area contributed by atoms with E-state index in [1.54, 1.807) is 18.2 Å². The third kappa shape index (κ3) is 2.61. The molecular formula is C15H10Cl3FN2. The average molecular weight is 344 g/mol. The van der Waals surface area contributed by atoms with Gasteiger partial charge in [0.1, 0.15) is 11.6 Å². The highest BCUT2D eigenvalue weighted by Crippen LogP contribution is 2.31. The van der Waals surface area contributed by atoms with Crippen molar-refractivity contribution in [3.63, 3.8) is 0 Å². The minimum atomic E-state index is -0.501. The second-order valence-electron chi connectivity index (χ2n) is 4.65. The van der Waals surface area contributed by atoms with Gasteiger partial charge in [0.15, 0.2) is 0 Å². The number of nitrogens with zero attached hydrogens (tertiary/aromatic N) is 2. The number of alkyl halides is 1. The summed E-state index contributed by atoms with van der Waals surface area (Å²) in [5, 5.41) is 0.342. The highest BCUT2D eigenvalue weighted by molar-refractivity contribution is 6.31. The van der Waals surface area contributed by atoms with Crippen LogP contribution in [0.2, 0.25) is 10.0 Å². The van der Waals surface area contributed by atoms with E-state index in [9.17, 15) is 4.39 Å². The fourth-order valence-corrected chi connectivity index (χ4v) is 2.65. The molecule has 1 unspecified atom stereocenters. The van der Waals surface area contributed by atoms with Gasteiger partial charge >= 0.3 is 0 Å². The largest absolute Gasteiger partial charge is 0.295 e. The lowest BCUT2D eigenvalue weighted by Gasteiger charge is -2.10. The van der Waals surface area contributed by atoms with Crippen LogP contribution in [0.5, 0.6) is 0 Å². The van der Waals surface area contributed by atoms with Crippen molar-refractivity contribution in [1.82, 2.24) is 9.55 Å². The van der Waals surface area contributed by atoms with E-state index in [1.807, 2.05) is 23.6 Å². The van der Waals surface area contributed by atoms with Gasteiger partial charge in [0, 0.05) is 16.8 Å². The van der Waals surface area contributed by atoms with Gasteiger partial charge in [0.25, 0.3) is 0 Å². The number of benzene rings is 2. The Hall–Kier alpha value is -1.29. The molecule has 3 rings (SSSR count). The standard InChI is InChI=1S/C15H10Cl3FN2/c1-8(16)15-20-13-7-12(19)11(18)6-14(13)21(15)10-4-2-9(17)3-5-10/h2-8H,1H3. The summed E-state index contributed by atoms with van der Waals surface area (Å²) in [6, 6.07) is 10.1. The van der Waals surface area contributed by atoms with E-state index in [4.69, 9.17) is 34.8 Å². The summed E-state index contributed by atoms with van der Waals surface area (Å²) in [5.74, 6) is 0.120. The summed E-state index contributed by atoms with van der Waals surface area (Å²) in [5.41, 5.74) is 2.05. The maximum Gasteiger partial charge on any atom is 0.144 e. The molecular weight excluding hydrogens is 334 g/mol. The molecule has 3 aromatic rings. The SMILES string of the molecule is CC(Cl)c1nc2cc(F)c(Cl)cc2n1-c1ccc(Cl)cc1. The molecule has 0 aliphatic heterocycles. The topological polar surface area (TPSA) is 17.8 Å². The molecule has 0 radical (unpaired) electrons. The maximum atomic E-state index is 13.6. The van der Waals surface area contributed by atoms with Gasteiger partial charge in [-0.1, -0.05) is 23.2 Å². The Kier molecular flexibility index (Phi) is 3.82. The van der Waals surface area contributed by atoms with E-state index in [0.29, 0.717) is 21.9 Å². The van der Waals surface area contributed by atoms with Crippen molar-refractivity contribution in [3.05, 3.63) is 58.1 Å². The van der Waals surface area contributed by atoms with Gasteiger partial charge in [-0.2, -0.15) is 0 Å². The van der Waals surface area contributed by atoms with Crippen molar-refractivity contribution >= 4 is 45.8 Å². The minimum absolute atomic E-state index is 0.0476. The zero-order valence-corrected chi connectivity index (χ0v) is 13.2. The molecule has 0 saturated carbocycles. The van der Waals surface area contributed by atoms with Crippen molar-refractivity contribution in [2.45, 2.75) is 12.3 Å². The quantitative estimate of drug-likeness (QED) is 0.540. The van der Waals surface area contributed by atoms with Gasteiger partial charge in [-0.25, -0.2) is 9.37 Å². The number of aromatic nitrogens is 2. The summed E-state index contributed by atoms with van der Waals surface area (Å²) in [6.07, 6.45) is 0. The van der Waals surface area contributed by atoms with Crippen molar-refractivity contribution < 1.29 is 4.39 Å². The first-order valence-corrected chi connectivity index (χ1v) is 7.44. The molecule has 0 fully saturated rings. The van der Waals surface area contributed by atoms with Gasteiger partial charge in [0.2, 0.25) is 0 Å². The Labute approximate surface area is 136 Å². The van der Waals surface area contributed by atoms with Crippen LogP contribution in [0.15, 0.2) is 36.4 Å². The number of hydrogen-bond acceptors (Lipinski definition) is 1. The Morgan fingerprint density at radius 1 is 1.14 bits per heavy atom. The third-order valence-electron chi connectivity index (χ3n) is 3.16. The minimum Gasteiger partial charge on any atom is -0.295 e. The second kappa shape index (κ2) is 5.48. The number of halogens is 4. The molecule has 1 heterocycles. The van der Waals surface area contributed by atoms with Crippen molar-refractivity contribution in [3.8, 4) is 5.69 Å². The summed E-state index contributed by atoms with van der Waals surface area (Å²) < 4.78 is 15.5. The molecule has 2 aromatic carbocycles.